The maximum Gasteiger partial charge on any atom is 0.220 e. The average Bonchev–Trinajstić information content (AvgIpc) is 2.93. The van der Waals surface area contributed by atoms with Gasteiger partial charge in [0.25, 0.3) is 0 Å². The monoisotopic (exact) mass is 302 g/mol. The van der Waals surface area contributed by atoms with E-state index < -0.39 is 0 Å². The second-order valence-electron chi connectivity index (χ2n) is 5.09. The molecule has 2 aromatic rings. The van der Waals surface area contributed by atoms with Crippen LogP contribution >= 0.6 is 11.3 Å². The van der Waals surface area contributed by atoms with Crippen LogP contribution in [-0.4, -0.2) is 17.4 Å². The molecule has 0 radical (unpaired) electrons. The summed E-state index contributed by atoms with van der Waals surface area (Å²) in [6.45, 7) is 2.78. The molecule has 0 aliphatic heterocycles. The molecule has 0 bridgehead atoms. The van der Waals surface area contributed by atoms with E-state index in [-0.39, 0.29) is 5.91 Å². The average molecular weight is 302 g/mol. The molecule has 112 valence electrons. The van der Waals surface area contributed by atoms with Crippen LogP contribution in [0.5, 0.6) is 0 Å². The van der Waals surface area contributed by atoms with Gasteiger partial charge in [-0.1, -0.05) is 43.7 Å². The minimum Gasteiger partial charge on any atom is -0.356 e. The third-order valence-corrected chi connectivity index (χ3v) is 4.30. The van der Waals surface area contributed by atoms with Gasteiger partial charge in [0.15, 0.2) is 0 Å². The van der Waals surface area contributed by atoms with Crippen molar-refractivity contribution in [2.75, 3.05) is 6.54 Å². The number of carbonyl (C=O) groups excluding carboxylic acids is 1. The van der Waals surface area contributed by atoms with Gasteiger partial charge in [0.1, 0.15) is 0 Å². The van der Waals surface area contributed by atoms with Crippen molar-refractivity contribution in [3.05, 3.63) is 52.0 Å². The molecule has 1 amide bonds. The third-order valence-electron chi connectivity index (χ3n) is 3.24. The lowest BCUT2D eigenvalue weighted by molar-refractivity contribution is -0.121. The molecule has 0 saturated carbocycles. The number of hydrogen-bond acceptors (Lipinski definition) is 3. The number of aromatic nitrogens is 1. The normalized spacial score (nSPS) is 10.5. The fourth-order valence-corrected chi connectivity index (χ4v) is 3.03. The largest absolute Gasteiger partial charge is 0.356 e. The maximum absolute atomic E-state index is 11.5. The molecule has 0 saturated heterocycles. The van der Waals surface area contributed by atoms with Gasteiger partial charge in [0, 0.05) is 36.9 Å². The first-order valence-corrected chi connectivity index (χ1v) is 8.33. The molecule has 0 unspecified atom stereocenters. The first kappa shape index (κ1) is 15.7. The molecule has 2 rings (SSSR count). The van der Waals surface area contributed by atoms with E-state index in [0.717, 1.165) is 30.7 Å². The van der Waals surface area contributed by atoms with Crippen LogP contribution in [0.15, 0.2) is 36.5 Å². The summed E-state index contributed by atoms with van der Waals surface area (Å²) in [4.78, 5) is 17.2. The van der Waals surface area contributed by atoms with Crippen molar-refractivity contribution in [3.63, 3.8) is 0 Å². The van der Waals surface area contributed by atoms with E-state index in [1.54, 1.807) is 11.3 Å². The fraction of sp³-hybridized carbons (Fsp3) is 0.412. The highest BCUT2D eigenvalue weighted by molar-refractivity contribution is 7.11. The predicted octanol–water partition coefficient (Wildman–Crippen LogP) is 3.58. The molecular weight excluding hydrogens is 280 g/mol. The van der Waals surface area contributed by atoms with Crippen LogP contribution in [0.4, 0.5) is 0 Å². The van der Waals surface area contributed by atoms with Crippen LogP contribution in [0.25, 0.3) is 0 Å². The Morgan fingerprint density at radius 3 is 2.86 bits per heavy atom. The quantitative estimate of drug-likeness (QED) is 0.810. The van der Waals surface area contributed by atoms with Crippen molar-refractivity contribution >= 4 is 17.2 Å². The Kier molecular flexibility index (Phi) is 6.41. The predicted molar refractivity (Wildman–Crippen MR) is 87.6 cm³/mol. The summed E-state index contributed by atoms with van der Waals surface area (Å²) in [5, 5.41) is 4.05. The molecule has 0 atom stereocenters. The number of unbranched alkanes of at least 4 members (excludes halogenated alkanes) is 1. The first-order chi connectivity index (χ1) is 10.3. The zero-order chi connectivity index (χ0) is 14.9. The Morgan fingerprint density at radius 1 is 1.29 bits per heavy atom. The summed E-state index contributed by atoms with van der Waals surface area (Å²) in [6, 6.07) is 10.4. The highest BCUT2D eigenvalue weighted by Gasteiger charge is 2.04. The topological polar surface area (TPSA) is 42.0 Å². The van der Waals surface area contributed by atoms with Crippen LogP contribution < -0.4 is 5.32 Å². The van der Waals surface area contributed by atoms with E-state index in [2.05, 4.69) is 41.5 Å². The van der Waals surface area contributed by atoms with Crippen molar-refractivity contribution in [3.8, 4) is 0 Å². The Bertz CT molecular complexity index is 551. The van der Waals surface area contributed by atoms with Crippen LogP contribution in [0.2, 0.25) is 0 Å². The minimum absolute atomic E-state index is 0.151. The van der Waals surface area contributed by atoms with E-state index in [0.29, 0.717) is 13.0 Å². The molecule has 1 N–H and O–H groups in total. The lowest BCUT2D eigenvalue weighted by Crippen LogP contribution is -2.25. The number of thiazole rings is 1. The highest BCUT2D eigenvalue weighted by atomic mass is 32.1. The summed E-state index contributed by atoms with van der Waals surface area (Å²) in [6.07, 6.45) is 6.35. The standard InChI is InChI=1S/C17H22N2OS/c1-2-3-9-16(20)18-11-10-17-19-13-15(21-17)12-14-7-5-4-6-8-14/h4-8,13H,2-3,9-12H2,1H3,(H,18,20). The number of benzene rings is 1. The summed E-state index contributed by atoms with van der Waals surface area (Å²) in [5.41, 5.74) is 1.31. The SMILES string of the molecule is CCCCC(=O)NCCc1ncc(Cc2ccccc2)s1. The van der Waals surface area contributed by atoms with Crippen LogP contribution in [0.3, 0.4) is 0 Å². The molecule has 4 heteroatoms. The smallest absolute Gasteiger partial charge is 0.220 e. The third kappa shape index (κ3) is 5.68. The highest BCUT2D eigenvalue weighted by Crippen LogP contribution is 2.17. The number of nitrogens with zero attached hydrogens (tertiary/aromatic N) is 1. The lowest BCUT2D eigenvalue weighted by Gasteiger charge is -2.02. The van der Waals surface area contributed by atoms with Crippen molar-refractivity contribution in [2.24, 2.45) is 0 Å². The molecule has 0 fully saturated rings. The van der Waals surface area contributed by atoms with Crippen molar-refractivity contribution in [1.82, 2.24) is 10.3 Å². The summed E-state index contributed by atoms with van der Waals surface area (Å²) >= 11 is 1.73. The Morgan fingerprint density at radius 2 is 2.10 bits per heavy atom. The lowest BCUT2D eigenvalue weighted by atomic mass is 10.1. The second kappa shape index (κ2) is 8.57. The fourth-order valence-electron chi connectivity index (χ4n) is 2.08. The summed E-state index contributed by atoms with van der Waals surface area (Å²) in [7, 11) is 0. The Balaban J connectivity index is 1.74. The zero-order valence-electron chi connectivity index (χ0n) is 12.5. The molecule has 0 spiro atoms. The molecular formula is C17H22N2OS. The number of rotatable bonds is 8. The Hall–Kier alpha value is -1.68. The van der Waals surface area contributed by atoms with Gasteiger partial charge in [-0.3, -0.25) is 4.79 Å². The number of nitrogens with one attached hydrogen (secondary N) is 1. The van der Waals surface area contributed by atoms with E-state index in [1.807, 2.05) is 12.3 Å². The van der Waals surface area contributed by atoms with E-state index in [1.165, 1.54) is 10.4 Å². The Labute approximate surface area is 130 Å². The number of hydrogen-bond donors (Lipinski definition) is 1. The number of carbonyl (C=O) groups is 1. The van der Waals surface area contributed by atoms with Crippen LogP contribution in [-0.2, 0) is 17.6 Å². The van der Waals surface area contributed by atoms with Crippen molar-refractivity contribution in [2.45, 2.75) is 39.0 Å². The molecule has 0 aliphatic carbocycles. The van der Waals surface area contributed by atoms with Crippen molar-refractivity contribution in [1.29, 1.82) is 0 Å². The van der Waals surface area contributed by atoms with Crippen LogP contribution in [0, 0.1) is 0 Å². The molecule has 21 heavy (non-hydrogen) atoms. The van der Waals surface area contributed by atoms with Crippen molar-refractivity contribution < 1.29 is 4.79 Å². The zero-order valence-corrected chi connectivity index (χ0v) is 13.3. The van der Waals surface area contributed by atoms with Gasteiger partial charge in [-0.15, -0.1) is 11.3 Å². The second-order valence-corrected chi connectivity index (χ2v) is 6.29. The van der Waals surface area contributed by atoms with E-state index >= 15 is 0 Å². The maximum atomic E-state index is 11.5. The van der Waals surface area contributed by atoms with Gasteiger partial charge in [-0.2, -0.15) is 0 Å². The van der Waals surface area contributed by atoms with E-state index in [9.17, 15) is 4.79 Å². The first-order valence-electron chi connectivity index (χ1n) is 7.52. The summed E-state index contributed by atoms with van der Waals surface area (Å²) < 4.78 is 0. The van der Waals surface area contributed by atoms with Gasteiger partial charge in [-0.05, 0) is 12.0 Å². The molecule has 0 aliphatic rings. The van der Waals surface area contributed by atoms with Gasteiger partial charge >= 0.3 is 0 Å². The van der Waals surface area contributed by atoms with Gasteiger partial charge in [0.2, 0.25) is 5.91 Å². The molecule has 3 nitrogen and oxygen atoms in total. The van der Waals surface area contributed by atoms with Gasteiger partial charge in [0.05, 0.1) is 5.01 Å². The van der Waals surface area contributed by atoms with Gasteiger partial charge < -0.3 is 5.32 Å². The molecule has 1 aromatic carbocycles. The number of amides is 1. The minimum atomic E-state index is 0.151. The van der Waals surface area contributed by atoms with E-state index in [4.69, 9.17) is 0 Å². The molecule has 1 heterocycles. The van der Waals surface area contributed by atoms with Gasteiger partial charge in [-0.25, -0.2) is 4.98 Å². The summed E-state index contributed by atoms with van der Waals surface area (Å²) in [5.74, 6) is 0.151. The van der Waals surface area contributed by atoms with Crippen LogP contribution in [0.1, 0.15) is 41.6 Å². The molecule has 1 aromatic heterocycles.